The maximum absolute atomic E-state index is 15.7. The molecule has 4 aliphatic rings. The van der Waals surface area contributed by atoms with Gasteiger partial charge in [-0.25, -0.2) is 38.9 Å². The Bertz CT molecular complexity index is 2870. The lowest BCUT2D eigenvalue weighted by atomic mass is 9.92. The summed E-state index contributed by atoms with van der Waals surface area (Å²) < 4.78 is 34.6. The molecule has 2 aliphatic heterocycles. The average Bonchev–Trinajstić information content (AvgIpc) is 4.32. The van der Waals surface area contributed by atoms with Gasteiger partial charge in [-0.05, 0) is 73.6 Å². The second-order valence-electron chi connectivity index (χ2n) is 19.7. The number of hydrogen-bond acceptors (Lipinski definition) is 20. The van der Waals surface area contributed by atoms with E-state index in [4.69, 9.17) is 33.4 Å². The van der Waals surface area contributed by atoms with E-state index in [2.05, 4.69) is 92.8 Å². The summed E-state index contributed by atoms with van der Waals surface area (Å²) in [6.45, 7) is 1.77. The largest absolute Gasteiger partial charge is 0.465 e. The minimum Gasteiger partial charge on any atom is -0.465 e. The zero-order valence-corrected chi connectivity index (χ0v) is 43.6. The Morgan fingerprint density at radius 3 is 1.41 bits per heavy atom. The number of hydrazine groups is 2. The van der Waals surface area contributed by atoms with Crippen molar-refractivity contribution >= 4 is 92.8 Å². The van der Waals surface area contributed by atoms with Gasteiger partial charge in [0.15, 0.2) is 45.6 Å². The van der Waals surface area contributed by atoms with Crippen molar-refractivity contribution in [3.8, 4) is 0 Å². The molecular formula is C46H58Cl2F2N22O6. The molecular weight excluding hydrogens is 1070 g/mol. The van der Waals surface area contributed by atoms with Crippen molar-refractivity contribution in [1.82, 2.24) is 91.3 Å². The molecule has 4 amide bonds. The number of carboxylic acid groups (broad SMARTS) is 2. The van der Waals surface area contributed by atoms with Crippen LogP contribution in [0.5, 0.6) is 0 Å². The van der Waals surface area contributed by atoms with E-state index >= 15 is 8.78 Å². The van der Waals surface area contributed by atoms with Crippen molar-refractivity contribution in [2.45, 2.75) is 115 Å². The number of halogens is 4. The van der Waals surface area contributed by atoms with Gasteiger partial charge in [-0.2, -0.15) is 28.7 Å². The third kappa shape index (κ3) is 13.7. The van der Waals surface area contributed by atoms with Crippen molar-refractivity contribution < 1.29 is 38.2 Å². The molecule has 0 aromatic carbocycles. The minimum atomic E-state index is -1.21. The Hall–Kier alpha value is -7.76. The Kier molecular flexibility index (Phi) is 18.1. The number of anilines is 4. The monoisotopic (exact) mass is 1120 g/mol. The highest BCUT2D eigenvalue weighted by Gasteiger charge is 2.34. The smallest absolute Gasteiger partial charge is 0.404 e. The Morgan fingerprint density at radius 2 is 1.01 bits per heavy atom. The number of hydrogen-bond donors (Lipinski definition) is 8. The molecule has 2 saturated carbocycles. The van der Waals surface area contributed by atoms with Crippen molar-refractivity contribution in [1.29, 1.82) is 0 Å². The van der Waals surface area contributed by atoms with E-state index in [1.54, 1.807) is 31.6 Å². The summed E-state index contributed by atoms with van der Waals surface area (Å²) >= 11 is 12.3. The molecule has 0 spiro atoms. The summed E-state index contributed by atoms with van der Waals surface area (Å²) in [5, 5.41) is 38.7. The molecule has 4 fully saturated rings. The maximum atomic E-state index is 15.7. The molecule has 8 N–H and O–H groups in total. The van der Waals surface area contributed by atoms with Crippen LogP contribution in [0.3, 0.4) is 0 Å². The molecule has 0 bridgehead atoms. The molecule has 4 atom stereocenters. The molecule has 2 saturated heterocycles. The van der Waals surface area contributed by atoms with Gasteiger partial charge in [0.25, 0.3) is 0 Å². The molecule has 6 aromatic heterocycles. The lowest BCUT2D eigenvalue weighted by Crippen LogP contribution is -2.42. The SMILES string of the molecule is O=C(O)NC[C@@H](CC1CCCC1)C(=O)NNc1nc(Cl)nc(N2CCC[C@H]2Cn2nnc3cncnc32)c1F.O=C(O)NC[C@@H](CC1CCCC1)C(=O)NNc1nc(Cl)nc(N2CCC[C@H]2Cn2nnc3cncnc32)c1F. The Balaban J connectivity index is 0.000000190. The fourth-order valence-electron chi connectivity index (χ4n) is 10.8. The van der Waals surface area contributed by atoms with E-state index in [0.717, 1.165) is 77.0 Å². The quantitative estimate of drug-likeness (QED) is 0.0377. The minimum absolute atomic E-state index is 0.00310. The predicted molar refractivity (Wildman–Crippen MR) is 277 cm³/mol. The van der Waals surface area contributed by atoms with Crippen LogP contribution in [0, 0.1) is 35.3 Å². The second-order valence-corrected chi connectivity index (χ2v) is 20.4. The number of fused-ring (bicyclic) bond motifs is 2. The number of nitrogens with one attached hydrogen (secondary N) is 6. The number of aromatic nitrogens is 14. The van der Waals surface area contributed by atoms with Crippen LogP contribution >= 0.6 is 23.2 Å². The second kappa shape index (κ2) is 25.6. The molecule has 2 aliphatic carbocycles. The molecule has 78 heavy (non-hydrogen) atoms. The summed E-state index contributed by atoms with van der Waals surface area (Å²) in [5.74, 6) is -3.60. The van der Waals surface area contributed by atoms with Crippen LogP contribution in [0.2, 0.25) is 10.6 Å². The van der Waals surface area contributed by atoms with E-state index in [9.17, 15) is 19.2 Å². The van der Waals surface area contributed by atoms with Crippen LogP contribution in [-0.4, -0.2) is 142 Å². The number of amides is 4. The van der Waals surface area contributed by atoms with Crippen molar-refractivity contribution in [3.05, 3.63) is 47.2 Å². The molecule has 0 radical (unpaired) electrons. The van der Waals surface area contributed by atoms with Gasteiger partial charge in [-0.1, -0.05) is 61.8 Å². The molecule has 32 heteroatoms. The van der Waals surface area contributed by atoms with Crippen molar-refractivity contribution in [2.24, 2.45) is 23.7 Å². The van der Waals surface area contributed by atoms with Crippen LogP contribution < -0.4 is 42.1 Å². The molecule has 6 aromatic rings. The number of carbonyl (C=O) groups is 4. The van der Waals surface area contributed by atoms with Gasteiger partial charge in [0, 0.05) is 26.2 Å². The standard InChI is InChI=1S/2C23H29ClFN11O3/c2*24-22-29-18(32-33-21(37)14(9-27-23(38)39)8-13-4-1-2-5-13)17(25)20(30-22)35-7-3-6-15(35)11-36-19-16(31-34-36)10-26-12-28-19/h2*10,12-15,27H,1-9,11H2,(H,33,37)(H,38,39)(H,29,30,32)/t2*14-,15+/m11/s1. The summed E-state index contributed by atoms with van der Waals surface area (Å²) in [6.07, 6.45) is 16.1. The highest BCUT2D eigenvalue weighted by atomic mass is 35.5. The lowest BCUT2D eigenvalue weighted by Gasteiger charge is -2.26. The van der Waals surface area contributed by atoms with Gasteiger partial charge in [-0.3, -0.25) is 31.3 Å². The molecule has 10 rings (SSSR count). The first-order valence-corrected chi connectivity index (χ1v) is 26.6. The first kappa shape index (κ1) is 55.0. The third-order valence-electron chi connectivity index (χ3n) is 14.6. The zero-order valence-electron chi connectivity index (χ0n) is 42.1. The van der Waals surface area contributed by atoms with E-state index in [0.29, 0.717) is 73.2 Å². The van der Waals surface area contributed by atoms with Gasteiger partial charge < -0.3 is 30.6 Å². The number of rotatable bonds is 20. The van der Waals surface area contributed by atoms with E-state index in [1.165, 1.54) is 12.7 Å². The van der Waals surface area contributed by atoms with E-state index in [-0.39, 0.29) is 59.0 Å². The first-order chi connectivity index (χ1) is 37.8. The third-order valence-corrected chi connectivity index (χ3v) is 14.9. The van der Waals surface area contributed by atoms with Gasteiger partial charge in [0.2, 0.25) is 34.0 Å². The number of carbonyl (C=O) groups excluding carboxylic acids is 2. The fraction of sp³-hybridized carbons (Fsp3) is 0.565. The average molecular weight is 1120 g/mol. The molecule has 8 heterocycles. The summed E-state index contributed by atoms with van der Waals surface area (Å²) in [7, 11) is 0. The van der Waals surface area contributed by atoms with Crippen molar-refractivity contribution in [3.63, 3.8) is 0 Å². The molecule has 0 unspecified atom stereocenters. The summed E-state index contributed by atoms with van der Waals surface area (Å²) in [4.78, 5) is 84.0. The molecule has 416 valence electrons. The molecule has 28 nitrogen and oxygen atoms in total. The Labute approximate surface area is 453 Å². The lowest BCUT2D eigenvalue weighted by molar-refractivity contribution is -0.125. The zero-order chi connectivity index (χ0) is 54.7. The van der Waals surface area contributed by atoms with Crippen molar-refractivity contribution in [2.75, 3.05) is 46.8 Å². The van der Waals surface area contributed by atoms with Crippen LogP contribution in [0.25, 0.3) is 22.3 Å². The van der Waals surface area contributed by atoms with Crippen LogP contribution in [0.4, 0.5) is 41.6 Å². The van der Waals surface area contributed by atoms with Gasteiger partial charge in [-0.15, -0.1) is 10.2 Å². The highest BCUT2D eigenvalue weighted by Crippen LogP contribution is 2.35. The van der Waals surface area contributed by atoms with Gasteiger partial charge in [0.1, 0.15) is 12.7 Å². The number of nitrogens with zero attached hydrogens (tertiary/aromatic N) is 16. The highest BCUT2D eigenvalue weighted by molar-refractivity contribution is 6.28. The predicted octanol–water partition coefficient (Wildman–Crippen LogP) is 4.76. The first-order valence-electron chi connectivity index (χ1n) is 25.8. The van der Waals surface area contributed by atoms with E-state index in [1.807, 2.05) is 0 Å². The topological polar surface area (TPSA) is 352 Å². The van der Waals surface area contributed by atoms with Crippen LogP contribution in [-0.2, 0) is 22.7 Å². The fourth-order valence-corrected chi connectivity index (χ4v) is 11.1. The maximum Gasteiger partial charge on any atom is 0.404 e. The van der Waals surface area contributed by atoms with Gasteiger partial charge >= 0.3 is 12.2 Å². The summed E-state index contributed by atoms with van der Waals surface area (Å²) in [6, 6.07) is -0.323. The van der Waals surface area contributed by atoms with Crippen LogP contribution in [0.15, 0.2) is 25.0 Å². The van der Waals surface area contributed by atoms with Gasteiger partial charge in [0.05, 0.1) is 49.4 Å². The normalized spacial score (nSPS) is 18.4. The Morgan fingerprint density at radius 1 is 0.603 bits per heavy atom. The van der Waals surface area contributed by atoms with Crippen LogP contribution in [0.1, 0.15) is 89.9 Å². The van der Waals surface area contributed by atoms with E-state index < -0.39 is 47.5 Å². The summed E-state index contributed by atoms with van der Waals surface area (Å²) in [5.41, 5.74) is 12.3.